The van der Waals surface area contributed by atoms with Crippen LogP contribution in [0.25, 0.3) is 0 Å². The van der Waals surface area contributed by atoms with Crippen molar-refractivity contribution in [1.29, 1.82) is 0 Å². The smallest absolute Gasteiger partial charge is 0.388 e. The molecule has 0 aliphatic rings. The molecule has 0 aliphatic carbocycles. The van der Waals surface area contributed by atoms with Crippen LogP contribution < -0.4 is 0 Å². The number of aliphatic hydroxyl groups excluding tert-OH is 1. The van der Waals surface area contributed by atoms with Gasteiger partial charge in [0.25, 0.3) is 0 Å². The number of rotatable bonds is 4. The van der Waals surface area contributed by atoms with Gasteiger partial charge in [-0.3, -0.25) is 0 Å². The second-order valence-electron chi connectivity index (χ2n) is 4.78. The Labute approximate surface area is 119 Å². The Hall–Kier alpha value is -1.88. The molecule has 21 heavy (non-hydrogen) atoms. The van der Waals surface area contributed by atoms with E-state index in [4.69, 9.17) is 0 Å². The van der Waals surface area contributed by atoms with Gasteiger partial charge in [0.05, 0.1) is 11.7 Å². The summed E-state index contributed by atoms with van der Waals surface area (Å²) < 4.78 is 51.0. The zero-order valence-corrected chi connectivity index (χ0v) is 11.1. The first-order valence-corrected chi connectivity index (χ1v) is 6.46. The number of hydrogen-bond donors (Lipinski definition) is 1. The average molecular weight is 298 g/mol. The van der Waals surface area contributed by atoms with Crippen LogP contribution in [0.4, 0.5) is 17.6 Å². The van der Waals surface area contributed by atoms with Crippen LogP contribution in [0.1, 0.15) is 29.2 Å². The zero-order chi connectivity index (χ0) is 15.5. The lowest BCUT2D eigenvalue weighted by Crippen LogP contribution is -2.10. The minimum absolute atomic E-state index is 0.0691. The highest BCUT2D eigenvalue weighted by Crippen LogP contribution is 2.33. The number of aryl methyl sites for hydroxylation is 1. The Morgan fingerprint density at radius 2 is 1.67 bits per heavy atom. The maximum Gasteiger partial charge on any atom is 0.419 e. The first kappa shape index (κ1) is 15.5. The Morgan fingerprint density at radius 3 is 2.29 bits per heavy atom. The molecular formula is C16H14F4O. The Morgan fingerprint density at radius 1 is 1.00 bits per heavy atom. The molecule has 1 nitrogen and oxygen atoms in total. The van der Waals surface area contributed by atoms with Crippen molar-refractivity contribution in [2.75, 3.05) is 0 Å². The third kappa shape index (κ3) is 4.04. The van der Waals surface area contributed by atoms with Gasteiger partial charge in [0.2, 0.25) is 0 Å². The summed E-state index contributed by atoms with van der Waals surface area (Å²) in [5, 5.41) is 9.97. The first-order valence-electron chi connectivity index (χ1n) is 6.46. The van der Waals surface area contributed by atoms with E-state index in [-0.39, 0.29) is 12.0 Å². The van der Waals surface area contributed by atoms with Crippen molar-refractivity contribution in [1.82, 2.24) is 0 Å². The summed E-state index contributed by atoms with van der Waals surface area (Å²) in [4.78, 5) is 0. The van der Waals surface area contributed by atoms with E-state index < -0.39 is 23.7 Å². The summed E-state index contributed by atoms with van der Waals surface area (Å²) in [5.41, 5.74) is -0.298. The molecule has 0 saturated heterocycles. The topological polar surface area (TPSA) is 20.2 Å². The third-order valence-electron chi connectivity index (χ3n) is 3.23. The molecule has 1 atom stereocenters. The molecule has 0 bridgehead atoms. The maximum atomic E-state index is 13.2. The highest BCUT2D eigenvalue weighted by Gasteiger charge is 2.34. The molecule has 0 spiro atoms. The van der Waals surface area contributed by atoms with E-state index in [9.17, 15) is 22.7 Å². The van der Waals surface area contributed by atoms with Crippen molar-refractivity contribution in [2.24, 2.45) is 0 Å². The molecule has 0 amide bonds. The normalized spacial score (nSPS) is 13.2. The summed E-state index contributed by atoms with van der Waals surface area (Å²) in [6.45, 7) is 0. The molecule has 2 rings (SSSR count). The highest BCUT2D eigenvalue weighted by molar-refractivity contribution is 5.29. The van der Waals surface area contributed by atoms with Crippen LogP contribution in [0.15, 0.2) is 48.5 Å². The van der Waals surface area contributed by atoms with E-state index >= 15 is 0 Å². The molecule has 0 fully saturated rings. The maximum absolute atomic E-state index is 13.2. The molecule has 5 heteroatoms. The summed E-state index contributed by atoms with van der Waals surface area (Å²) in [6, 6.07) is 11.9. The zero-order valence-electron chi connectivity index (χ0n) is 11.1. The van der Waals surface area contributed by atoms with E-state index in [0.29, 0.717) is 12.5 Å². The van der Waals surface area contributed by atoms with Crippen molar-refractivity contribution >= 4 is 0 Å². The second kappa shape index (κ2) is 6.26. The minimum atomic E-state index is -4.76. The van der Waals surface area contributed by atoms with E-state index in [1.54, 1.807) is 0 Å². The fraction of sp³-hybridized carbons (Fsp3) is 0.250. The predicted octanol–water partition coefficient (Wildman–Crippen LogP) is 4.51. The van der Waals surface area contributed by atoms with Gasteiger partial charge in [0, 0.05) is 0 Å². The van der Waals surface area contributed by atoms with Crippen LogP contribution in [-0.2, 0) is 12.6 Å². The third-order valence-corrected chi connectivity index (χ3v) is 3.23. The lowest BCUT2D eigenvalue weighted by atomic mass is 9.99. The van der Waals surface area contributed by atoms with Gasteiger partial charge in [-0.05, 0) is 36.1 Å². The van der Waals surface area contributed by atoms with Gasteiger partial charge in [-0.2, -0.15) is 13.2 Å². The number of aliphatic hydroxyl groups is 1. The molecule has 2 aromatic rings. The number of alkyl halides is 3. The quantitative estimate of drug-likeness (QED) is 0.823. The van der Waals surface area contributed by atoms with Crippen molar-refractivity contribution in [3.8, 4) is 0 Å². The van der Waals surface area contributed by atoms with Gasteiger partial charge >= 0.3 is 6.18 Å². The Bertz CT molecular complexity index is 593. The van der Waals surface area contributed by atoms with Gasteiger partial charge in [0.1, 0.15) is 5.82 Å². The molecule has 1 unspecified atom stereocenters. The summed E-state index contributed by atoms with van der Waals surface area (Å²) in [7, 11) is 0. The summed E-state index contributed by atoms with van der Waals surface area (Å²) in [5.74, 6) is -1.33. The van der Waals surface area contributed by atoms with Gasteiger partial charge in [-0.25, -0.2) is 4.39 Å². The molecule has 1 N–H and O–H groups in total. The molecule has 0 heterocycles. The second-order valence-corrected chi connectivity index (χ2v) is 4.78. The van der Waals surface area contributed by atoms with Crippen LogP contribution in [0.3, 0.4) is 0 Å². The molecule has 0 saturated carbocycles. The Balaban J connectivity index is 2.11. The fourth-order valence-electron chi connectivity index (χ4n) is 2.08. The SMILES string of the molecule is OC(CCc1ccccc1)c1ccc(F)c(C(F)(F)F)c1. The molecule has 2 aromatic carbocycles. The predicted molar refractivity (Wildman–Crippen MR) is 71.1 cm³/mol. The minimum Gasteiger partial charge on any atom is -0.388 e. The van der Waals surface area contributed by atoms with Crippen LogP contribution in [0, 0.1) is 5.82 Å². The first-order chi connectivity index (χ1) is 9.88. The lowest BCUT2D eigenvalue weighted by molar-refractivity contribution is -0.140. The van der Waals surface area contributed by atoms with E-state index in [1.807, 2.05) is 30.3 Å². The van der Waals surface area contributed by atoms with Crippen LogP contribution in [-0.4, -0.2) is 5.11 Å². The van der Waals surface area contributed by atoms with Crippen LogP contribution >= 0.6 is 0 Å². The van der Waals surface area contributed by atoms with Crippen LogP contribution in [0.5, 0.6) is 0 Å². The van der Waals surface area contributed by atoms with E-state index in [1.165, 1.54) is 6.07 Å². The molecular weight excluding hydrogens is 284 g/mol. The van der Waals surface area contributed by atoms with Gasteiger partial charge in [-0.15, -0.1) is 0 Å². The fourth-order valence-corrected chi connectivity index (χ4v) is 2.08. The van der Waals surface area contributed by atoms with Crippen molar-refractivity contribution in [2.45, 2.75) is 25.1 Å². The van der Waals surface area contributed by atoms with Crippen molar-refractivity contribution in [3.63, 3.8) is 0 Å². The van der Waals surface area contributed by atoms with Gasteiger partial charge in [-0.1, -0.05) is 36.4 Å². The molecule has 0 aromatic heterocycles. The number of benzene rings is 2. The largest absolute Gasteiger partial charge is 0.419 e. The molecule has 112 valence electrons. The monoisotopic (exact) mass is 298 g/mol. The van der Waals surface area contributed by atoms with E-state index in [2.05, 4.69) is 0 Å². The highest BCUT2D eigenvalue weighted by atomic mass is 19.4. The Kier molecular flexibility index (Phi) is 4.63. The lowest BCUT2D eigenvalue weighted by Gasteiger charge is -2.14. The van der Waals surface area contributed by atoms with Crippen molar-refractivity contribution < 1.29 is 22.7 Å². The average Bonchev–Trinajstić information content (AvgIpc) is 2.45. The van der Waals surface area contributed by atoms with Crippen molar-refractivity contribution in [3.05, 3.63) is 71.0 Å². The van der Waals surface area contributed by atoms with Gasteiger partial charge < -0.3 is 5.11 Å². The number of halogens is 4. The molecule has 0 aliphatic heterocycles. The summed E-state index contributed by atoms with van der Waals surface area (Å²) >= 11 is 0. The summed E-state index contributed by atoms with van der Waals surface area (Å²) in [6.07, 6.45) is -5.03. The van der Waals surface area contributed by atoms with Crippen LogP contribution in [0.2, 0.25) is 0 Å². The van der Waals surface area contributed by atoms with Gasteiger partial charge in [0.15, 0.2) is 0 Å². The standard InChI is InChI=1S/C16H14F4O/c17-14-8-7-12(10-13(14)16(18,19)20)15(21)9-6-11-4-2-1-3-5-11/h1-5,7-8,10,15,21H,6,9H2. The molecule has 0 radical (unpaired) electrons. The van der Waals surface area contributed by atoms with E-state index in [0.717, 1.165) is 11.6 Å². The number of hydrogen-bond acceptors (Lipinski definition) is 1.